The first-order valence-electron chi connectivity index (χ1n) is 5.64. The molecule has 0 saturated carbocycles. The monoisotopic (exact) mass is 276 g/mol. The minimum Gasteiger partial charge on any atom is -0.396 e. The summed E-state index contributed by atoms with van der Waals surface area (Å²) in [6, 6.07) is 4.08. The Labute approximate surface area is 114 Å². The summed E-state index contributed by atoms with van der Waals surface area (Å²) in [5.41, 5.74) is 2.37. The van der Waals surface area contributed by atoms with Crippen LogP contribution in [-0.2, 0) is 6.54 Å². The Kier molecular flexibility index (Phi) is 10.7. The Balaban J connectivity index is 0.00000256. The summed E-state index contributed by atoms with van der Waals surface area (Å²) >= 11 is 1.88. The van der Waals surface area contributed by atoms with Gasteiger partial charge < -0.3 is 10.4 Å². The number of aromatic nitrogens is 1. The zero-order valence-electron chi connectivity index (χ0n) is 10.2. The standard InChI is InChI=1S/C12H20N2OS.ClH/c1-11-12(4-2-5-14-11)10-13-6-9-16-8-3-7-15;/h2,4-5,13,15H,3,6-10H2,1H3;1H. The van der Waals surface area contributed by atoms with Crippen molar-refractivity contribution in [3.63, 3.8) is 0 Å². The Hall–Kier alpha value is -0.290. The first kappa shape index (κ1) is 16.7. The molecule has 0 unspecified atom stereocenters. The smallest absolute Gasteiger partial charge is 0.0438 e. The number of thioether (sulfide) groups is 1. The Morgan fingerprint density at radius 3 is 2.94 bits per heavy atom. The van der Waals surface area contributed by atoms with E-state index in [-0.39, 0.29) is 12.4 Å². The van der Waals surface area contributed by atoms with Gasteiger partial charge in [0.2, 0.25) is 0 Å². The van der Waals surface area contributed by atoms with E-state index in [0.717, 1.165) is 36.7 Å². The predicted molar refractivity (Wildman–Crippen MR) is 77.0 cm³/mol. The lowest BCUT2D eigenvalue weighted by atomic mass is 10.2. The first-order chi connectivity index (χ1) is 7.84. The van der Waals surface area contributed by atoms with Gasteiger partial charge in [-0.1, -0.05) is 6.07 Å². The maximum atomic E-state index is 8.61. The number of nitrogens with one attached hydrogen (secondary N) is 1. The SMILES string of the molecule is Cc1ncccc1CNCCSCCCO.Cl. The number of rotatable bonds is 8. The summed E-state index contributed by atoms with van der Waals surface area (Å²) in [5.74, 6) is 2.14. The van der Waals surface area contributed by atoms with Crippen molar-refractivity contribution in [2.24, 2.45) is 0 Å². The molecule has 98 valence electrons. The van der Waals surface area contributed by atoms with E-state index >= 15 is 0 Å². The molecule has 1 aromatic rings. The van der Waals surface area contributed by atoms with Crippen LogP contribution in [0, 0.1) is 6.92 Å². The lowest BCUT2D eigenvalue weighted by Crippen LogP contribution is -2.17. The van der Waals surface area contributed by atoms with Gasteiger partial charge in [-0.15, -0.1) is 12.4 Å². The molecule has 0 aliphatic rings. The van der Waals surface area contributed by atoms with E-state index in [1.807, 2.05) is 30.9 Å². The lowest BCUT2D eigenvalue weighted by molar-refractivity contribution is 0.296. The van der Waals surface area contributed by atoms with Gasteiger partial charge in [0.15, 0.2) is 0 Å². The maximum absolute atomic E-state index is 8.61. The molecule has 0 aromatic carbocycles. The van der Waals surface area contributed by atoms with E-state index in [2.05, 4.69) is 16.4 Å². The summed E-state index contributed by atoms with van der Waals surface area (Å²) in [4.78, 5) is 4.25. The van der Waals surface area contributed by atoms with Gasteiger partial charge >= 0.3 is 0 Å². The zero-order chi connectivity index (χ0) is 11.6. The molecule has 0 fully saturated rings. The molecule has 0 amide bonds. The third-order valence-corrected chi connectivity index (χ3v) is 3.37. The highest BCUT2D eigenvalue weighted by molar-refractivity contribution is 7.99. The van der Waals surface area contributed by atoms with E-state index in [4.69, 9.17) is 5.11 Å². The molecule has 17 heavy (non-hydrogen) atoms. The molecule has 3 nitrogen and oxygen atoms in total. The largest absolute Gasteiger partial charge is 0.396 e. The Morgan fingerprint density at radius 1 is 1.41 bits per heavy atom. The van der Waals surface area contributed by atoms with Crippen LogP contribution < -0.4 is 5.32 Å². The van der Waals surface area contributed by atoms with Gasteiger partial charge in [-0.25, -0.2) is 0 Å². The molecule has 0 bridgehead atoms. The molecule has 2 N–H and O–H groups in total. The van der Waals surface area contributed by atoms with Crippen LogP contribution >= 0.6 is 24.2 Å². The Morgan fingerprint density at radius 2 is 2.24 bits per heavy atom. The van der Waals surface area contributed by atoms with Crippen molar-refractivity contribution in [2.45, 2.75) is 19.9 Å². The molecule has 1 heterocycles. The van der Waals surface area contributed by atoms with E-state index in [1.165, 1.54) is 5.56 Å². The number of aliphatic hydroxyl groups excluding tert-OH is 1. The van der Waals surface area contributed by atoms with Crippen molar-refractivity contribution in [1.29, 1.82) is 0 Å². The van der Waals surface area contributed by atoms with E-state index in [9.17, 15) is 0 Å². The van der Waals surface area contributed by atoms with E-state index in [1.54, 1.807) is 0 Å². The molecular formula is C12H21ClN2OS. The number of halogens is 1. The third-order valence-electron chi connectivity index (χ3n) is 2.30. The second kappa shape index (κ2) is 10.8. The highest BCUT2D eigenvalue weighted by atomic mass is 35.5. The highest BCUT2D eigenvalue weighted by Gasteiger charge is 1.96. The number of aliphatic hydroxyl groups is 1. The van der Waals surface area contributed by atoms with Gasteiger partial charge in [0, 0.05) is 37.3 Å². The van der Waals surface area contributed by atoms with Crippen molar-refractivity contribution >= 4 is 24.2 Å². The average molecular weight is 277 g/mol. The van der Waals surface area contributed by atoms with Crippen LogP contribution in [0.2, 0.25) is 0 Å². The summed E-state index contributed by atoms with van der Waals surface area (Å²) in [7, 11) is 0. The van der Waals surface area contributed by atoms with E-state index < -0.39 is 0 Å². The van der Waals surface area contributed by atoms with Crippen LogP contribution in [-0.4, -0.2) is 34.7 Å². The van der Waals surface area contributed by atoms with Crippen molar-refractivity contribution in [2.75, 3.05) is 24.7 Å². The molecule has 5 heteroatoms. The predicted octanol–water partition coefficient (Wildman–Crippen LogP) is 2.02. The van der Waals surface area contributed by atoms with E-state index in [0.29, 0.717) is 6.61 Å². The van der Waals surface area contributed by atoms with Gasteiger partial charge in [-0.2, -0.15) is 11.8 Å². The highest BCUT2D eigenvalue weighted by Crippen LogP contribution is 2.03. The quantitative estimate of drug-likeness (QED) is 0.713. The first-order valence-corrected chi connectivity index (χ1v) is 6.80. The van der Waals surface area contributed by atoms with Crippen molar-refractivity contribution < 1.29 is 5.11 Å². The summed E-state index contributed by atoms with van der Waals surface area (Å²) in [6.07, 6.45) is 2.72. The minimum atomic E-state index is 0. The number of pyridine rings is 1. The average Bonchev–Trinajstić information content (AvgIpc) is 2.30. The van der Waals surface area contributed by atoms with Crippen LogP contribution in [0.15, 0.2) is 18.3 Å². The minimum absolute atomic E-state index is 0. The molecule has 0 spiro atoms. The lowest BCUT2D eigenvalue weighted by Gasteiger charge is -2.06. The second-order valence-corrected chi connectivity index (χ2v) is 4.84. The summed E-state index contributed by atoms with van der Waals surface area (Å²) < 4.78 is 0. The van der Waals surface area contributed by atoms with Gasteiger partial charge in [-0.05, 0) is 30.7 Å². The van der Waals surface area contributed by atoms with Crippen molar-refractivity contribution in [3.8, 4) is 0 Å². The third kappa shape index (κ3) is 7.60. The van der Waals surface area contributed by atoms with Crippen LogP contribution in [0.25, 0.3) is 0 Å². The van der Waals surface area contributed by atoms with Gasteiger partial charge in [0.1, 0.15) is 0 Å². The summed E-state index contributed by atoms with van der Waals surface area (Å²) in [5, 5.41) is 12.0. The number of hydrogen-bond acceptors (Lipinski definition) is 4. The van der Waals surface area contributed by atoms with Crippen LogP contribution in [0.3, 0.4) is 0 Å². The van der Waals surface area contributed by atoms with Crippen molar-refractivity contribution in [3.05, 3.63) is 29.6 Å². The zero-order valence-corrected chi connectivity index (χ0v) is 11.8. The van der Waals surface area contributed by atoms with Crippen molar-refractivity contribution in [1.82, 2.24) is 10.3 Å². The molecule has 1 rings (SSSR count). The van der Waals surface area contributed by atoms with Gasteiger partial charge in [-0.3, -0.25) is 4.98 Å². The number of hydrogen-bond donors (Lipinski definition) is 2. The van der Waals surface area contributed by atoms with Gasteiger partial charge in [0.25, 0.3) is 0 Å². The number of aryl methyl sites for hydroxylation is 1. The fourth-order valence-electron chi connectivity index (χ4n) is 1.34. The molecule has 0 radical (unpaired) electrons. The number of nitrogens with zero attached hydrogens (tertiary/aromatic N) is 1. The normalized spacial score (nSPS) is 10.0. The fraction of sp³-hybridized carbons (Fsp3) is 0.583. The molecule has 1 aromatic heterocycles. The van der Waals surface area contributed by atoms with Crippen LogP contribution in [0.1, 0.15) is 17.7 Å². The topological polar surface area (TPSA) is 45.2 Å². The van der Waals surface area contributed by atoms with Crippen LogP contribution in [0.5, 0.6) is 0 Å². The maximum Gasteiger partial charge on any atom is 0.0438 e. The molecule has 0 aliphatic carbocycles. The second-order valence-electron chi connectivity index (χ2n) is 3.61. The summed E-state index contributed by atoms with van der Waals surface area (Å²) in [6.45, 7) is 4.23. The van der Waals surface area contributed by atoms with Gasteiger partial charge in [0.05, 0.1) is 0 Å². The van der Waals surface area contributed by atoms with Crippen LogP contribution in [0.4, 0.5) is 0 Å². The molecule has 0 saturated heterocycles. The molecule has 0 atom stereocenters. The molecular weight excluding hydrogens is 256 g/mol. The fourth-order valence-corrected chi connectivity index (χ4v) is 2.17. The Bertz CT molecular complexity index is 300. The molecule has 0 aliphatic heterocycles.